The molecule has 1 aromatic carbocycles. The predicted octanol–water partition coefficient (Wildman–Crippen LogP) is 1.93. The minimum Gasteiger partial charge on any atom is -0.395 e. The fourth-order valence-electron chi connectivity index (χ4n) is 4.47. The normalized spacial score (nSPS) is 21.5. The molecule has 34 heavy (non-hydrogen) atoms. The van der Waals surface area contributed by atoms with Crippen molar-refractivity contribution in [2.24, 2.45) is 0 Å². The monoisotopic (exact) mass is 460 g/mol. The number of ether oxygens (including phenoxy) is 1. The van der Waals surface area contributed by atoms with Gasteiger partial charge in [0.1, 0.15) is 11.9 Å². The van der Waals surface area contributed by atoms with Crippen LogP contribution >= 0.6 is 0 Å². The number of nitriles is 1. The topological polar surface area (TPSA) is 133 Å². The van der Waals surface area contributed by atoms with E-state index in [9.17, 15) is 10.4 Å². The number of benzene rings is 1. The molecule has 10 heteroatoms. The SMILES string of the molecule is Cc1cc(Nc2nccc(-c3cc(C#N)c4c(c3)[C@@](C)(CO)CN4)n2)n(CC2CNCCO2)n1. The molecule has 2 atom stereocenters. The lowest BCUT2D eigenvalue weighted by molar-refractivity contribution is 0.0165. The molecule has 3 aromatic rings. The van der Waals surface area contributed by atoms with E-state index >= 15 is 0 Å². The van der Waals surface area contributed by atoms with Crippen LogP contribution in [0.3, 0.4) is 0 Å². The Morgan fingerprint density at radius 1 is 1.38 bits per heavy atom. The molecule has 10 nitrogen and oxygen atoms in total. The van der Waals surface area contributed by atoms with E-state index in [4.69, 9.17) is 9.72 Å². The maximum absolute atomic E-state index is 9.97. The number of aliphatic hydroxyl groups excluding tert-OH is 1. The van der Waals surface area contributed by atoms with Crippen molar-refractivity contribution in [3.63, 3.8) is 0 Å². The lowest BCUT2D eigenvalue weighted by Gasteiger charge is -2.24. The van der Waals surface area contributed by atoms with Gasteiger partial charge in [0.25, 0.3) is 0 Å². The van der Waals surface area contributed by atoms with E-state index in [0.717, 1.165) is 41.4 Å². The summed E-state index contributed by atoms with van der Waals surface area (Å²) in [5.74, 6) is 1.22. The second-order valence-corrected chi connectivity index (χ2v) is 9.07. The summed E-state index contributed by atoms with van der Waals surface area (Å²) in [6.45, 7) is 7.45. The molecule has 0 bridgehead atoms. The first-order valence-corrected chi connectivity index (χ1v) is 11.4. The first-order chi connectivity index (χ1) is 16.5. The zero-order chi connectivity index (χ0) is 23.7. The second-order valence-electron chi connectivity index (χ2n) is 9.07. The predicted molar refractivity (Wildman–Crippen MR) is 128 cm³/mol. The van der Waals surface area contributed by atoms with Crippen LogP contribution in [0.1, 0.15) is 23.7 Å². The average molecular weight is 461 g/mol. The van der Waals surface area contributed by atoms with Gasteiger partial charge < -0.3 is 25.8 Å². The standard InChI is InChI=1S/C24H28N8O2/c1-15-7-21(32(31-15)12-18-11-26-5-6-34-18)30-23-27-4-3-20(29-23)16-8-17(10-25)22-19(9-16)24(2,14-33)13-28-22/h3-4,7-9,18,26,28,33H,5-6,11-14H2,1-2H3,(H,27,29,30)/t18?,24-/m1/s1. The zero-order valence-electron chi connectivity index (χ0n) is 19.3. The minimum atomic E-state index is -0.453. The van der Waals surface area contributed by atoms with E-state index in [1.54, 1.807) is 6.20 Å². The highest BCUT2D eigenvalue weighted by atomic mass is 16.5. The van der Waals surface area contributed by atoms with E-state index < -0.39 is 5.41 Å². The van der Waals surface area contributed by atoms with Crippen LogP contribution in [0.4, 0.5) is 17.5 Å². The van der Waals surface area contributed by atoms with Crippen molar-refractivity contribution in [1.82, 2.24) is 25.1 Å². The van der Waals surface area contributed by atoms with Crippen molar-refractivity contribution in [3.05, 3.63) is 47.3 Å². The van der Waals surface area contributed by atoms with Gasteiger partial charge in [-0.3, -0.25) is 0 Å². The molecule has 0 radical (unpaired) electrons. The van der Waals surface area contributed by atoms with Crippen molar-refractivity contribution in [3.8, 4) is 17.3 Å². The number of fused-ring (bicyclic) bond motifs is 1. The third-order valence-corrected chi connectivity index (χ3v) is 6.39. The fourth-order valence-corrected chi connectivity index (χ4v) is 4.47. The highest BCUT2D eigenvalue weighted by Gasteiger charge is 2.36. The van der Waals surface area contributed by atoms with Crippen molar-refractivity contribution in [2.75, 3.05) is 43.5 Å². The van der Waals surface area contributed by atoms with Crippen molar-refractivity contribution >= 4 is 17.5 Å². The molecule has 1 unspecified atom stereocenters. The number of rotatable bonds is 6. The van der Waals surface area contributed by atoms with E-state index in [2.05, 4.69) is 32.1 Å². The minimum absolute atomic E-state index is 0.0124. The molecule has 0 spiro atoms. The van der Waals surface area contributed by atoms with E-state index in [1.165, 1.54) is 0 Å². The molecular formula is C24H28N8O2. The summed E-state index contributed by atoms with van der Waals surface area (Å²) < 4.78 is 7.71. The highest BCUT2D eigenvalue weighted by molar-refractivity contribution is 5.76. The Morgan fingerprint density at radius 3 is 3.03 bits per heavy atom. The number of anilines is 3. The Labute approximate surface area is 198 Å². The molecular weight excluding hydrogens is 432 g/mol. The number of nitrogens with zero attached hydrogens (tertiary/aromatic N) is 5. The Morgan fingerprint density at radius 2 is 2.26 bits per heavy atom. The van der Waals surface area contributed by atoms with Crippen LogP contribution in [0, 0.1) is 18.3 Å². The van der Waals surface area contributed by atoms with Crippen LogP contribution in [-0.2, 0) is 16.7 Å². The van der Waals surface area contributed by atoms with Gasteiger partial charge in [-0.05, 0) is 30.7 Å². The van der Waals surface area contributed by atoms with Crippen LogP contribution < -0.4 is 16.0 Å². The third kappa shape index (κ3) is 4.21. The van der Waals surface area contributed by atoms with Gasteiger partial charge in [-0.1, -0.05) is 6.92 Å². The summed E-state index contributed by atoms with van der Waals surface area (Å²) >= 11 is 0. The summed E-state index contributed by atoms with van der Waals surface area (Å²) in [4.78, 5) is 9.10. The van der Waals surface area contributed by atoms with Gasteiger partial charge in [0.15, 0.2) is 0 Å². The van der Waals surface area contributed by atoms with E-state index in [0.29, 0.717) is 36.9 Å². The number of hydrogen-bond donors (Lipinski definition) is 4. The second kappa shape index (κ2) is 9.02. The molecule has 0 saturated carbocycles. The number of nitrogens with one attached hydrogen (secondary N) is 3. The first kappa shape index (κ1) is 22.3. The van der Waals surface area contributed by atoms with Crippen LogP contribution in [0.2, 0.25) is 0 Å². The largest absolute Gasteiger partial charge is 0.395 e. The van der Waals surface area contributed by atoms with Crippen LogP contribution in [0.25, 0.3) is 11.3 Å². The van der Waals surface area contributed by atoms with Gasteiger partial charge in [0.05, 0.1) is 48.5 Å². The Hall–Kier alpha value is -3.52. The molecule has 0 amide bonds. The van der Waals surface area contributed by atoms with Crippen LogP contribution in [0.15, 0.2) is 30.5 Å². The van der Waals surface area contributed by atoms with Gasteiger partial charge in [0.2, 0.25) is 5.95 Å². The van der Waals surface area contributed by atoms with E-state index in [-0.39, 0.29) is 12.7 Å². The number of aliphatic hydroxyl groups is 1. The van der Waals surface area contributed by atoms with E-state index in [1.807, 2.05) is 42.8 Å². The number of aryl methyl sites for hydroxylation is 1. The summed E-state index contributed by atoms with van der Waals surface area (Å²) in [5, 5.41) is 34.2. The van der Waals surface area contributed by atoms with Gasteiger partial charge in [-0.25, -0.2) is 14.6 Å². The van der Waals surface area contributed by atoms with Gasteiger partial charge in [0, 0.05) is 42.9 Å². The molecule has 1 saturated heterocycles. The number of hydrogen-bond acceptors (Lipinski definition) is 9. The van der Waals surface area contributed by atoms with Gasteiger partial charge >= 0.3 is 0 Å². The Bertz CT molecular complexity index is 1240. The summed E-state index contributed by atoms with van der Waals surface area (Å²) in [6, 6.07) is 9.86. The molecule has 176 valence electrons. The molecule has 5 rings (SSSR count). The van der Waals surface area contributed by atoms with Gasteiger partial charge in [-0.15, -0.1) is 0 Å². The lowest BCUT2D eigenvalue weighted by atomic mass is 9.83. The molecule has 1 fully saturated rings. The first-order valence-electron chi connectivity index (χ1n) is 11.4. The lowest BCUT2D eigenvalue weighted by Crippen LogP contribution is -2.41. The Balaban J connectivity index is 1.44. The van der Waals surface area contributed by atoms with Crippen molar-refractivity contribution < 1.29 is 9.84 Å². The van der Waals surface area contributed by atoms with Crippen LogP contribution in [0.5, 0.6) is 0 Å². The molecule has 2 aliphatic rings. The third-order valence-electron chi connectivity index (χ3n) is 6.39. The fraction of sp³-hybridized carbons (Fsp3) is 0.417. The van der Waals surface area contributed by atoms with Crippen molar-refractivity contribution in [1.29, 1.82) is 5.26 Å². The zero-order valence-corrected chi connectivity index (χ0v) is 19.3. The highest BCUT2D eigenvalue weighted by Crippen LogP contribution is 2.41. The quantitative estimate of drug-likeness (QED) is 0.435. The average Bonchev–Trinajstić information content (AvgIpc) is 3.38. The summed E-state index contributed by atoms with van der Waals surface area (Å²) in [7, 11) is 0. The summed E-state index contributed by atoms with van der Waals surface area (Å²) in [5.41, 5.74) is 4.16. The number of morpholine rings is 1. The molecule has 2 aromatic heterocycles. The maximum atomic E-state index is 9.97. The molecule has 4 heterocycles. The Kier molecular flexibility index (Phi) is 5.91. The molecule has 2 aliphatic heterocycles. The van der Waals surface area contributed by atoms with Gasteiger partial charge in [-0.2, -0.15) is 10.4 Å². The number of aromatic nitrogens is 4. The smallest absolute Gasteiger partial charge is 0.228 e. The van der Waals surface area contributed by atoms with Crippen LogP contribution in [-0.4, -0.2) is 63.8 Å². The molecule has 0 aliphatic carbocycles. The summed E-state index contributed by atoms with van der Waals surface area (Å²) in [6.07, 6.45) is 1.74. The molecule has 4 N–H and O–H groups in total. The van der Waals surface area contributed by atoms with Crippen molar-refractivity contribution in [2.45, 2.75) is 31.9 Å². The maximum Gasteiger partial charge on any atom is 0.228 e.